The van der Waals surface area contributed by atoms with Gasteiger partial charge in [-0.05, 0) is 79.2 Å². The maximum Gasteiger partial charge on any atom is 0.260 e. The molecule has 2 bridgehead atoms. The fraction of sp³-hybridized carbons (Fsp3) is 0.393. The molecule has 2 fully saturated rings. The Kier molecular flexibility index (Phi) is 5.07. The van der Waals surface area contributed by atoms with Crippen molar-refractivity contribution in [1.29, 1.82) is 0 Å². The second-order valence-electron chi connectivity index (χ2n) is 11.0. The number of hydrogen-bond donors (Lipinski definition) is 1. The van der Waals surface area contributed by atoms with E-state index in [9.17, 15) is 18.4 Å². The number of anilines is 1. The van der Waals surface area contributed by atoms with E-state index in [2.05, 4.69) is 17.2 Å². The first-order valence-corrected chi connectivity index (χ1v) is 12.4. The number of nitrogens with one attached hydrogen (secondary N) is 1. The predicted molar refractivity (Wildman–Crippen MR) is 134 cm³/mol. The van der Waals surface area contributed by atoms with E-state index in [1.54, 1.807) is 31.1 Å². The number of carbonyl (C=O) groups excluding carboxylic acids is 1. The molecule has 2 aromatic heterocycles. The van der Waals surface area contributed by atoms with Gasteiger partial charge < -0.3 is 10.2 Å². The number of rotatable bonds is 4. The second-order valence-corrected chi connectivity index (χ2v) is 11.0. The molecule has 1 amide bonds. The summed E-state index contributed by atoms with van der Waals surface area (Å²) in [7, 11) is 3.61. The van der Waals surface area contributed by atoms with Crippen LogP contribution in [0.3, 0.4) is 0 Å². The monoisotopic (exact) mass is 490 g/mol. The van der Waals surface area contributed by atoms with E-state index in [-0.39, 0.29) is 27.7 Å². The minimum absolute atomic E-state index is 0.00254. The lowest BCUT2D eigenvalue weighted by Crippen LogP contribution is -2.34. The summed E-state index contributed by atoms with van der Waals surface area (Å²) in [5, 5.41) is 3.26. The number of nitrogens with zero attached hydrogens (tertiary/aromatic N) is 3. The summed E-state index contributed by atoms with van der Waals surface area (Å²) in [5.41, 5.74) is 2.07. The third-order valence-corrected chi connectivity index (χ3v) is 8.23. The van der Waals surface area contributed by atoms with Crippen molar-refractivity contribution < 1.29 is 13.6 Å². The maximum absolute atomic E-state index is 14.9. The lowest BCUT2D eigenvalue weighted by Gasteiger charge is -2.33. The summed E-state index contributed by atoms with van der Waals surface area (Å²) in [5.74, 6) is -0.271. The Morgan fingerprint density at radius 3 is 2.75 bits per heavy atom. The van der Waals surface area contributed by atoms with E-state index < -0.39 is 23.0 Å². The summed E-state index contributed by atoms with van der Waals surface area (Å²) in [6.07, 6.45) is 6.60. The van der Waals surface area contributed by atoms with Crippen molar-refractivity contribution in [2.24, 2.45) is 17.3 Å². The highest BCUT2D eigenvalue weighted by atomic mass is 19.1. The molecule has 6 rings (SSSR count). The fourth-order valence-corrected chi connectivity index (χ4v) is 6.65. The fourth-order valence-electron chi connectivity index (χ4n) is 6.65. The average Bonchev–Trinajstić information content (AvgIpc) is 3.32. The Balaban J connectivity index is 1.49. The highest BCUT2D eigenvalue weighted by Gasteiger charge is 2.51. The van der Waals surface area contributed by atoms with E-state index in [0.717, 1.165) is 37.1 Å². The molecule has 6 nitrogen and oxygen atoms in total. The Morgan fingerprint density at radius 1 is 1.19 bits per heavy atom. The van der Waals surface area contributed by atoms with Crippen LogP contribution in [0, 0.1) is 28.9 Å². The number of hydrogen-bond acceptors (Lipinski definition) is 4. The van der Waals surface area contributed by atoms with Crippen LogP contribution in [0.25, 0.3) is 16.7 Å². The molecule has 2 saturated carbocycles. The average molecular weight is 491 g/mol. The third-order valence-electron chi connectivity index (χ3n) is 8.23. The molecule has 0 saturated heterocycles. The first-order chi connectivity index (χ1) is 17.1. The molecule has 0 radical (unpaired) electrons. The van der Waals surface area contributed by atoms with Gasteiger partial charge in [-0.3, -0.25) is 14.2 Å². The molecule has 0 aliphatic heterocycles. The number of carbonyl (C=O) groups is 1. The number of benzene rings is 1. The quantitative estimate of drug-likeness (QED) is 0.562. The van der Waals surface area contributed by atoms with Crippen LogP contribution < -0.4 is 15.6 Å². The molecule has 8 heteroatoms. The van der Waals surface area contributed by atoms with E-state index in [1.807, 2.05) is 0 Å². The van der Waals surface area contributed by atoms with Crippen molar-refractivity contribution in [2.45, 2.75) is 39.0 Å². The Labute approximate surface area is 207 Å². The van der Waals surface area contributed by atoms with Crippen molar-refractivity contribution in [3.8, 4) is 5.69 Å². The van der Waals surface area contributed by atoms with Crippen LogP contribution in [0.5, 0.6) is 0 Å². The molecule has 36 heavy (non-hydrogen) atoms. The number of fused-ring (bicyclic) bond motifs is 2. The van der Waals surface area contributed by atoms with E-state index in [4.69, 9.17) is 0 Å². The predicted octanol–water partition coefficient (Wildman–Crippen LogP) is 4.94. The van der Waals surface area contributed by atoms with Gasteiger partial charge in [0.05, 0.1) is 11.1 Å². The van der Waals surface area contributed by atoms with Crippen LogP contribution in [-0.2, 0) is 0 Å². The Bertz CT molecular complexity index is 1530. The highest BCUT2D eigenvalue weighted by molar-refractivity contribution is 5.98. The molecule has 3 atom stereocenters. The highest BCUT2D eigenvalue weighted by Crippen LogP contribution is 2.61. The van der Waals surface area contributed by atoms with Crippen LogP contribution in [0.4, 0.5) is 14.6 Å². The molecular weight excluding hydrogens is 462 g/mol. The van der Waals surface area contributed by atoms with Gasteiger partial charge in [0.15, 0.2) is 5.65 Å². The molecule has 1 aromatic carbocycles. The number of halogens is 2. The van der Waals surface area contributed by atoms with Crippen LogP contribution in [0.2, 0.25) is 0 Å². The van der Waals surface area contributed by atoms with Gasteiger partial charge in [-0.25, -0.2) is 13.8 Å². The zero-order chi connectivity index (χ0) is 25.4. The number of amides is 1. The minimum Gasteiger partial charge on any atom is -0.363 e. The summed E-state index contributed by atoms with van der Waals surface area (Å²) in [6.45, 7) is 2.28. The van der Waals surface area contributed by atoms with Gasteiger partial charge in [-0.2, -0.15) is 0 Å². The lowest BCUT2D eigenvalue weighted by atomic mass is 9.76. The van der Waals surface area contributed by atoms with Gasteiger partial charge in [-0.15, -0.1) is 0 Å². The maximum atomic E-state index is 14.9. The largest absolute Gasteiger partial charge is 0.363 e. The number of allylic oxidation sites excluding steroid dienone is 2. The molecule has 3 aliphatic carbocycles. The molecule has 2 heterocycles. The molecule has 3 aliphatic rings. The summed E-state index contributed by atoms with van der Waals surface area (Å²) in [4.78, 5) is 33.3. The molecule has 0 spiro atoms. The molecule has 186 valence electrons. The number of pyridine rings is 2. The summed E-state index contributed by atoms with van der Waals surface area (Å²) in [6, 6.07) is 6.47. The van der Waals surface area contributed by atoms with Gasteiger partial charge in [0.25, 0.3) is 5.91 Å². The van der Waals surface area contributed by atoms with Crippen LogP contribution in [-0.4, -0.2) is 29.6 Å². The molecular formula is C28H28F2N4O2. The van der Waals surface area contributed by atoms with Crippen molar-refractivity contribution >= 4 is 22.8 Å². The Hall–Kier alpha value is -3.55. The first-order valence-electron chi connectivity index (χ1n) is 12.4. The van der Waals surface area contributed by atoms with Crippen molar-refractivity contribution in [3.63, 3.8) is 0 Å². The van der Waals surface area contributed by atoms with Gasteiger partial charge in [0.2, 0.25) is 5.43 Å². The topological polar surface area (TPSA) is 67.2 Å². The molecule has 1 N–H and O–H groups in total. The van der Waals surface area contributed by atoms with Crippen molar-refractivity contribution in [2.75, 3.05) is 19.0 Å². The minimum atomic E-state index is -0.818. The van der Waals surface area contributed by atoms with Crippen LogP contribution >= 0.6 is 0 Å². The van der Waals surface area contributed by atoms with Crippen molar-refractivity contribution in [1.82, 2.24) is 14.9 Å². The lowest BCUT2D eigenvalue weighted by molar-refractivity contribution is 0.0958. The zero-order valence-corrected chi connectivity index (χ0v) is 20.6. The standard InChI is InChI=1S/C28H28F2N4O2/c1-28-11-15-4-6-17(19(15)12-28)22(13-28)31-27(36)20-14-34(23-8-5-16(29)10-21(23)30)26-18(25(20)35)7-9-24(32-26)33(2)3/h5,7-10,14-15,19H,4,6,11-13H2,1-3H3,(H,31,36). The smallest absolute Gasteiger partial charge is 0.260 e. The Morgan fingerprint density at radius 2 is 2.00 bits per heavy atom. The van der Waals surface area contributed by atoms with Gasteiger partial charge >= 0.3 is 0 Å². The third kappa shape index (κ3) is 3.53. The number of aromatic nitrogens is 2. The summed E-state index contributed by atoms with van der Waals surface area (Å²) >= 11 is 0. The SMILES string of the molecule is CN(C)c1ccc2c(=O)c(C(=O)NC3=C4CCC5CC(C)(C3)CC45)cn(-c3ccc(F)cc3F)c2n1. The van der Waals surface area contributed by atoms with Crippen molar-refractivity contribution in [3.05, 3.63) is 75.2 Å². The molecule has 3 unspecified atom stereocenters. The van der Waals surface area contributed by atoms with Gasteiger partial charge in [0.1, 0.15) is 23.0 Å². The van der Waals surface area contributed by atoms with Crippen LogP contribution in [0.15, 0.2) is 52.6 Å². The van der Waals surface area contributed by atoms with E-state index >= 15 is 0 Å². The molecule has 3 aromatic rings. The van der Waals surface area contributed by atoms with E-state index in [0.29, 0.717) is 17.7 Å². The van der Waals surface area contributed by atoms with Gasteiger partial charge in [-0.1, -0.05) is 6.92 Å². The summed E-state index contributed by atoms with van der Waals surface area (Å²) < 4.78 is 29.9. The first kappa shape index (κ1) is 22.9. The second kappa shape index (κ2) is 7.98. The van der Waals surface area contributed by atoms with Crippen LogP contribution in [0.1, 0.15) is 49.4 Å². The zero-order valence-electron chi connectivity index (χ0n) is 20.6. The normalized spacial score (nSPS) is 24.5. The van der Waals surface area contributed by atoms with Gasteiger partial charge in [0, 0.05) is 32.1 Å². The van der Waals surface area contributed by atoms with E-state index in [1.165, 1.54) is 35.2 Å².